The van der Waals surface area contributed by atoms with Crippen molar-refractivity contribution in [2.24, 2.45) is 10.8 Å². The second-order valence-electron chi connectivity index (χ2n) is 13.4. The summed E-state index contributed by atoms with van der Waals surface area (Å²) in [4.78, 5) is 38.8. The van der Waals surface area contributed by atoms with Crippen molar-refractivity contribution in [3.05, 3.63) is 58.3 Å². The number of rotatable bonds is 10. The lowest BCUT2D eigenvalue weighted by molar-refractivity contribution is -0.143. The quantitative estimate of drug-likeness (QED) is 0.0915. The molecule has 0 bridgehead atoms. The molecule has 0 N–H and O–H groups in total. The molecule has 2 rings (SSSR count). The Hall–Kier alpha value is -3.61. The van der Waals surface area contributed by atoms with Crippen LogP contribution < -0.4 is 14.2 Å². The summed E-state index contributed by atoms with van der Waals surface area (Å²) in [7, 11) is 1.44. The van der Waals surface area contributed by atoms with Crippen LogP contribution in [0.3, 0.4) is 0 Å². The lowest BCUT2D eigenvalue weighted by Crippen LogP contribution is -2.27. The predicted molar refractivity (Wildman–Crippen MR) is 166 cm³/mol. The summed E-state index contributed by atoms with van der Waals surface area (Å²) in [5.74, 6) is 0.392. The van der Waals surface area contributed by atoms with Crippen molar-refractivity contribution in [3.8, 4) is 17.2 Å². The van der Waals surface area contributed by atoms with Gasteiger partial charge in [0.25, 0.3) is 0 Å². The van der Waals surface area contributed by atoms with Crippen molar-refractivity contribution in [1.82, 2.24) is 0 Å². The van der Waals surface area contributed by atoms with Gasteiger partial charge in [-0.3, -0.25) is 14.4 Å². The van der Waals surface area contributed by atoms with Crippen LogP contribution in [0.5, 0.6) is 17.2 Å². The molecule has 0 saturated carbocycles. The van der Waals surface area contributed by atoms with E-state index in [-0.39, 0.29) is 41.4 Å². The Morgan fingerprint density at radius 2 is 1.26 bits per heavy atom. The lowest BCUT2D eigenvalue weighted by atomic mass is 9.89. The maximum Gasteiger partial charge on any atom is 0.316 e. The molecule has 0 radical (unpaired) electrons. The van der Waals surface area contributed by atoms with E-state index in [9.17, 15) is 14.4 Å². The van der Waals surface area contributed by atoms with Crippen LogP contribution in [0, 0.1) is 10.8 Å². The van der Waals surface area contributed by atoms with Crippen molar-refractivity contribution >= 4 is 23.8 Å². The van der Waals surface area contributed by atoms with Crippen LogP contribution in [0.2, 0.25) is 0 Å². The molecule has 0 fully saturated rings. The fourth-order valence-electron chi connectivity index (χ4n) is 3.94. The fourth-order valence-corrected chi connectivity index (χ4v) is 3.94. The number of methoxy groups -OCH3 is 1. The average Bonchev–Trinajstić information content (AvgIpc) is 2.86. The van der Waals surface area contributed by atoms with Crippen LogP contribution in [-0.2, 0) is 14.3 Å². The molecule has 0 aromatic heterocycles. The van der Waals surface area contributed by atoms with Crippen LogP contribution in [0.4, 0.5) is 0 Å². The Morgan fingerprint density at radius 3 is 1.69 bits per heavy atom. The van der Waals surface area contributed by atoms with Gasteiger partial charge >= 0.3 is 11.9 Å². The van der Waals surface area contributed by atoms with Gasteiger partial charge in [0.15, 0.2) is 5.76 Å². The summed E-state index contributed by atoms with van der Waals surface area (Å²) >= 11 is 0. The van der Waals surface area contributed by atoms with E-state index < -0.39 is 10.8 Å². The molecule has 7 heteroatoms. The molecular formula is C35H48O7. The molecule has 0 amide bonds. The van der Waals surface area contributed by atoms with Crippen molar-refractivity contribution in [1.29, 1.82) is 0 Å². The summed E-state index contributed by atoms with van der Waals surface area (Å²) in [6.45, 7) is 22.7. The van der Waals surface area contributed by atoms with Gasteiger partial charge in [-0.05, 0) is 109 Å². The third-order valence-corrected chi connectivity index (χ3v) is 6.35. The Balaban J connectivity index is 2.70. The van der Waals surface area contributed by atoms with Gasteiger partial charge in [-0.2, -0.15) is 0 Å². The normalized spacial score (nSPS) is 12.5. The average molecular weight is 581 g/mol. The summed E-state index contributed by atoms with van der Waals surface area (Å²) in [5.41, 5.74) is 1.25. The van der Waals surface area contributed by atoms with E-state index in [1.165, 1.54) is 7.11 Å². The van der Waals surface area contributed by atoms with E-state index in [0.717, 1.165) is 11.1 Å². The molecule has 0 saturated heterocycles. The van der Waals surface area contributed by atoms with Gasteiger partial charge in [-0.15, -0.1) is 0 Å². The molecule has 0 heterocycles. The fraction of sp³-hybridized carbons (Fsp3) is 0.514. The van der Waals surface area contributed by atoms with Crippen LogP contribution >= 0.6 is 0 Å². The highest BCUT2D eigenvalue weighted by molar-refractivity contribution is 6.10. The van der Waals surface area contributed by atoms with Crippen LogP contribution in [0.25, 0.3) is 6.08 Å². The van der Waals surface area contributed by atoms with Crippen molar-refractivity contribution < 1.29 is 33.3 Å². The number of Topliss-reactive ketones (excluding diaryl/α,β-unsaturated/α-hetero) is 1. The molecule has 0 aliphatic heterocycles. The minimum Gasteiger partial charge on any atom is -0.493 e. The number of ketones is 1. The van der Waals surface area contributed by atoms with Gasteiger partial charge < -0.3 is 18.9 Å². The van der Waals surface area contributed by atoms with Crippen LogP contribution in [0.15, 0.2) is 36.1 Å². The smallest absolute Gasteiger partial charge is 0.316 e. The predicted octanol–water partition coefficient (Wildman–Crippen LogP) is 8.49. The number of hydrogen-bond acceptors (Lipinski definition) is 7. The highest BCUT2D eigenvalue weighted by Gasteiger charge is 2.31. The largest absolute Gasteiger partial charge is 0.493 e. The van der Waals surface area contributed by atoms with Crippen LogP contribution in [0.1, 0.15) is 122 Å². The lowest BCUT2D eigenvalue weighted by Gasteiger charge is -2.27. The molecule has 2 aromatic carbocycles. The molecule has 0 spiro atoms. The molecule has 2 aromatic rings. The Kier molecular flexibility index (Phi) is 11.2. The summed E-state index contributed by atoms with van der Waals surface area (Å²) in [6.07, 6.45) is 1.48. The SMILES string of the molecule is COC(=Cc1cc(C(C)C)c(OC(=O)C(C)(C)C)c(C(C)C)c1OC(C)C)C(=O)c1ccc(OC(=O)C(C)(C)C)cc1. The van der Waals surface area contributed by atoms with Crippen LogP contribution in [-0.4, -0.2) is 30.9 Å². The van der Waals surface area contributed by atoms with E-state index in [0.29, 0.717) is 28.4 Å². The molecule has 42 heavy (non-hydrogen) atoms. The third-order valence-electron chi connectivity index (χ3n) is 6.35. The maximum absolute atomic E-state index is 13.6. The first-order valence-electron chi connectivity index (χ1n) is 14.5. The number of allylic oxidation sites excluding steroid dienone is 1. The second-order valence-corrected chi connectivity index (χ2v) is 13.4. The van der Waals surface area contributed by atoms with E-state index in [2.05, 4.69) is 0 Å². The number of carbonyl (C=O) groups excluding carboxylic acids is 3. The number of hydrogen-bond donors (Lipinski definition) is 0. The van der Waals surface area contributed by atoms with Gasteiger partial charge in [0.2, 0.25) is 5.78 Å². The van der Waals surface area contributed by atoms with Crippen molar-refractivity contribution in [2.75, 3.05) is 7.11 Å². The van der Waals surface area contributed by atoms with Gasteiger partial charge in [-0.25, -0.2) is 0 Å². The molecule has 0 atom stereocenters. The summed E-state index contributed by atoms with van der Waals surface area (Å²) in [6, 6.07) is 8.27. The zero-order valence-corrected chi connectivity index (χ0v) is 27.6. The monoisotopic (exact) mass is 580 g/mol. The minimum atomic E-state index is -0.698. The van der Waals surface area contributed by atoms with Gasteiger partial charge in [0.05, 0.1) is 24.0 Å². The molecular weight excluding hydrogens is 532 g/mol. The first-order chi connectivity index (χ1) is 19.3. The topological polar surface area (TPSA) is 88.1 Å². The Bertz CT molecular complexity index is 1320. The maximum atomic E-state index is 13.6. The molecule has 0 unspecified atom stereocenters. The number of carbonyl (C=O) groups is 3. The van der Waals surface area contributed by atoms with Crippen molar-refractivity contribution in [2.45, 2.75) is 101 Å². The first-order valence-corrected chi connectivity index (χ1v) is 14.5. The minimum absolute atomic E-state index is 0.00979. The molecule has 230 valence electrons. The number of benzene rings is 2. The molecule has 7 nitrogen and oxygen atoms in total. The van der Waals surface area contributed by atoms with Crippen molar-refractivity contribution in [3.63, 3.8) is 0 Å². The second kappa shape index (κ2) is 13.6. The highest BCUT2D eigenvalue weighted by Crippen LogP contribution is 2.45. The molecule has 0 aliphatic carbocycles. The zero-order chi connectivity index (χ0) is 32.2. The number of ether oxygens (including phenoxy) is 4. The standard InChI is InChI=1S/C35H48O7/c1-20(2)26-18-24(30(40-22(5)6)28(21(3)4)31(26)42-33(38)35(10,11)12)19-27(39-13)29(36)23-14-16-25(17-15-23)41-32(37)34(7,8)9/h14-22H,1-13H3. The van der Waals surface area contributed by atoms with E-state index in [4.69, 9.17) is 18.9 Å². The Labute approximate surface area is 251 Å². The van der Waals surface area contributed by atoms with Gasteiger partial charge in [0.1, 0.15) is 17.2 Å². The van der Waals surface area contributed by atoms with E-state index in [1.54, 1.807) is 51.1 Å². The number of esters is 2. The highest BCUT2D eigenvalue weighted by atomic mass is 16.5. The molecule has 0 aliphatic rings. The summed E-state index contributed by atoms with van der Waals surface area (Å²) < 4.78 is 23.4. The zero-order valence-electron chi connectivity index (χ0n) is 27.6. The first kappa shape index (κ1) is 34.6. The van der Waals surface area contributed by atoms with E-state index in [1.807, 2.05) is 68.4 Å². The van der Waals surface area contributed by atoms with E-state index >= 15 is 0 Å². The van der Waals surface area contributed by atoms with Gasteiger partial charge in [0, 0.05) is 16.7 Å². The third kappa shape index (κ3) is 8.70. The Morgan fingerprint density at radius 1 is 0.738 bits per heavy atom. The summed E-state index contributed by atoms with van der Waals surface area (Å²) in [5, 5.41) is 0. The van der Waals surface area contributed by atoms with Gasteiger partial charge in [-0.1, -0.05) is 27.7 Å².